The van der Waals surface area contributed by atoms with Crippen molar-refractivity contribution in [3.63, 3.8) is 0 Å². The summed E-state index contributed by atoms with van der Waals surface area (Å²) in [6.07, 6.45) is 5.23. The van der Waals surface area contributed by atoms with Gasteiger partial charge in [-0.05, 0) is 31.7 Å². The topological polar surface area (TPSA) is 64.3 Å². The number of carbonyl (C=O) groups is 1. The maximum atomic E-state index is 12.2. The lowest BCUT2D eigenvalue weighted by Crippen LogP contribution is -2.43. The first-order chi connectivity index (χ1) is 8.22. The van der Waals surface area contributed by atoms with E-state index >= 15 is 0 Å². The third kappa shape index (κ3) is 4.28. The Hall–Kier alpha value is -0.610. The molecule has 0 aromatic heterocycles. The van der Waals surface area contributed by atoms with Gasteiger partial charge in [0.05, 0.1) is 12.6 Å². The van der Waals surface area contributed by atoms with Gasteiger partial charge >= 0.3 is 0 Å². The quantitative estimate of drug-likeness (QED) is 0.707. The van der Waals surface area contributed by atoms with Gasteiger partial charge in [-0.15, -0.1) is 0 Å². The Bertz CT molecular complexity index is 227. The van der Waals surface area contributed by atoms with Gasteiger partial charge in [0.15, 0.2) is 0 Å². The minimum absolute atomic E-state index is 0.121. The molecule has 1 aliphatic carbocycles. The summed E-state index contributed by atoms with van der Waals surface area (Å²) in [6, 6.07) is 0.150. The van der Waals surface area contributed by atoms with E-state index in [1.54, 1.807) is 7.11 Å². The molecular formula is C13H26N2O2. The highest BCUT2D eigenvalue weighted by Gasteiger charge is 2.32. The summed E-state index contributed by atoms with van der Waals surface area (Å²) >= 11 is 0. The number of nitrogens with two attached hydrogens (primary N) is 1. The van der Waals surface area contributed by atoms with Crippen LogP contribution in [0.1, 0.15) is 39.0 Å². The number of ether oxygens (including phenoxy) is 1. The number of amides is 1. The van der Waals surface area contributed by atoms with Crippen LogP contribution in [0.5, 0.6) is 0 Å². The molecule has 1 rings (SSSR count). The Balaban J connectivity index is 2.45. The molecule has 3 N–H and O–H groups in total. The highest BCUT2D eigenvalue weighted by Crippen LogP contribution is 2.31. The lowest BCUT2D eigenvalue weighted by Gasteiger charge is -2.22. The second-order valence-electron chi connectivity index (χ2n) is 4.98. The average Bonchev–Trinajstić information content (AvgIpc) is 2.77. The van der Waals surface area contributed by atoms with Crippen molar-refractivity contribution in [2.24, 2.45) is 17.6 Å². The fraction of sp³-hybridized carbons (Fsp3) is 0.923. The van der Waals surface area contributed by atoms with E-state index in [1.165, 1.54) is 0 Å². The molecule has 0 heterocycles. The molecule has 1 aliphatic rings. The molecule has 3 unspecified atom stereocenters. The smallest absolute Gasteiger partial charge is 0.223 e. The summed E-state index contributed by atoms with van der Waals surface area (Å²) in [7, 11) is 1.67. The molecule has 1 fully saturated rings. The van der Waals surface area contributed by atoms with E-state index in [4.69, 9.17) is 10.5 Å². The SMILES string of the molecule is CCCC(COC)NC(=O)C1CCCC1CN. The molecule has 17 heavy (non-hydrogen) atoms. The summed E-state index contributed by atoms with van der Waals surface area (Å²) in [5, 5.41) is 3.11. The van der Waals surface area contributed by atoms with Crippen molar-refractivity contribution in [1.82, 2.24) is 5.32 Å². The standard InChI is InChI=1S/C13H26N2O2/c1-3-5-11(9-17-2)15-13(16)12-7-4-6-10(12)8-14/h10-12H,3-9,14H2,1-2H3,(H,15,16). The molecule has 1 saturated carbocycles. The van der Waals surface area contributed by atoms with Gasteiger partial charge in [-0.2, -0.15) is 0 Å². The number of hydrogen-bond donors (Lipinski definition) is 2. The average molecular weight is 242 g/mol. The van der Waals surface area contributed by atoms with Gasteiger partial charge in [0.1, 0.15) is 0 Å². The van der Waals surface area contributed by atoms with Crippen LogP contribution in [0.25, 0.3) is 0 Å². The van der Waals surface area contributed by atoms with Gasteiger partial charge in [-0.1, -0.05) is 19.8 Å². The second-order valence-corrected chi connectivity index (χ2v) is 4.98. The Labute approximate surface area is 104 Å². The van der Waals surface area contributed by atoms with Crippen LogP contribution in [-0.2, 0) is 9.53 Å². The van der Waals surface area contributed by atoms with Crippen LogP contribution in [0.2, 0.25) is 0 Å². The predicted molar refractivity (Wildman–Crippen MR) is 68.6 cm³/mol. The fourth-order valence-corrected chi connectivity index (χ4v) is 2.72. The Morgan fingerprint density at radius 1 is 1.53 bits per heavy atom. The molecular weight excluding hydrogens is 216 g/mol. The monoisotopic (exact) mass is 242 g/mol. The van der Waals surface area contributed by atoms with Gasteiger partial charge in [0.2, 0.25) is 5.91 Å². The van der Waals surface area contributed by atoms with E-state index in [0.717, 1.165) is 32.1 Å². The molecule has 0 aliphatic heterocycles. The molecule has 100 valence electrons. The zero-order chi connectivity index (χ0) is 12.7. The van der Waals surface area contributed by atoms with Crippen LogP contribution in [0.4, 0.5) is 0 Å². The van der Waals surface area contributed by atoms with Crippen LogP contribution in [0, 0.1) is 11.8 Å². The maximum Gasteiger partial charge on any atom is 0.223 e. The number of rotatable bonds is 7. The van der Waals surface area contributed by atoms with Gasteiger partial charge in [0, 0.05) is 13.0 Å². The Kier molecular flexibility index (Phi) is 6.52. The molecule has 0 spiro atoms. The van der Waals surface area contributed by atoms with Crippen molar-refractivity contribution in [3.05, 3.63) is 0 Å². The number of methoxy groups -OCH3 is 1. The van der Waals surface area contributed by atoms with E-state index in [9.17, 15) is 4.79 Å². The van der Waals surface area contributed by atoms with Crippen molar-refractivity contribution in [3.8, 4) is 0 Å². The van der Waals surface area contributed by atoms with E-state index in [2.05, 4.69) is 12.2 Å². The van der Waals surface area contributed by atoms with Crippen LogP contribution < -0.4 is 11.1 Å². The zero-order valence-electron chi connectivity index (χ0n) is 11.1. The van der Waals surface area contributed by atoms with Crippen molar-refractivity contribution in [2.45, 2.75) is 45.1 Å². The fourth-order valence-electron chi connectivity index (χ4n) is 2.72. The van der Waals surface area contributed by atoms with Gasteiger partial charge in [-0.3, -0.25) is 4.79 Å². The van der Waals surface area contributed by atoms with E-state index in [0.29, 0.717) is 19.1 Å². The first-order valence-corrected chi connectivity index (χ1v) is 6.72. The number of nitrogens with one attached hydrogen (secondary N) is 1. The molecule has 3 atom stereocenters. The van der Waals surface area contributed by atoms with Crippen LogP contribution in [0.3, 0.4) is 0 Å². The minimum Gasteiger partial charge on any atom is -0.383 e. The van der Waals surface area contributed by atoms with E-state index in [-0.39, 0.29) is 17.9 Å². The first-order valence-electron chi connectivity index (χ1n) is 6.72. The van der Waals surface area contributed by atoms with Crippen molar-refractivity contribution in [2.75, 3.05) is 20.3 Å². The number of hydrogen-bond acceptors (Lipinski definition) is 3. The zero-order valence-corrected chi connectivity index (χ0v) is 11.1. The van der Waals surface area contributed by atoms with E-state index < -0.39 is 0 Å². The highest BCUT2D eigenvalue weighted by atomic mass is 16.5. The molecule has 0 radical (unpaired) electrons. The molecule has 0 aromatic carbocycles. The second kappa shape index (κ2) is 7.67. The lowest BCUT2D eigenvalue weighted by atomic mass is 9.95. The van der Waals surface area contributed by atoms with Crippen LogP contribution >= 0.6 is 0 Å². The molecule has 0 aromatic rings. The van der Waals surface area contributed by atoms with Crippen LogP contribution in [-0.4, -0.2) is 32.2 Å². The minimum atomic E-state index is 0.121. The number of carbonyl (C=O) groups excluding carboxylic acids is 1. The van der Waals surface area contributed by atoms with Crippen LogP contribution in [0.15, 0.2) is 0 Å². The van der Waals surface area contributed by atoms with Gasteiger partial charge < -0.3 is 15.8 Å². The molecule has 1 amide bonds. The summed E-state index contributed by atoms with van der Waals surface area (Å²) in [5.74, 6) is 0.671. The van der Waals surface area contributed by atoms with Crippen molar-refractivity contribution >= 4 is 5.91 Å². The maximum absolute atomic E-state index is 12.2. The predicted octanol–water partition coefficient (Wildman–Crippen LogP) is 1.29. The summed E-state index contributed by atoms with van der Waals surface area (Å²) in [5.41, 5.74) is 5.71. The van der Waals surface area contributed by atoms with Gasteiger partial charge in [-0.25, -0.2) is 0 Å². The van der Waals surface area contributed by atoms with E-state index in [1.807, 2.05) is 0 Å². The molecule has 4 nitrogen and oxygen atoms in total. The normalized spacial score (nSPS) is 25.8. The lowest BCUT2D eigenvalue weighted by molar-refractivity contribution is -0.127. The first kappa shape index (κ1) is 14.5. The molecule has 4 heteroatoms. The Morgan fingerprint density at radius 3 is 2.88 bits per heavy atom. The third-order valence-corrected chi connectivity index (χ3v) is 3.65. The van der Waals surface area contributed by atoms with Gasteiger partial charge in [0.25, 0.3) is 0 Å². The summed E-state index contributed by atoms with van der Waals surface area (Å²) in [6.45, 7) is 3.34. The highest BCUT2D eigenvalue weighted by molar-refractivity contribution is 5.79. The van der Waals surface area contributed by atoms with Crippen molar-refractivity contribution < 1.29 is 9.53 Å². The third-order valence-electron chi connectivity index (χ3n) is 3.65. The Morgan fingerprint density at radius 2 is 2.29 bits per heavy atom. The summed E-state index contributed by atoms with van der Waals surface area (Å²) in [4.78, 5) is 12.2. The molecule has 0 bridgehead atoms. The largest absolute Gasteiger partial charge is 0.383 e. The molecule has 0 saturated heterocycles. The summed E-state index contributed by atoms with van der Waals surface area (Å²) < 4.78 is 5.13. The van der Waals surface area contributed by atoms with Crippen molar-refractivity contribution in [1.29, 1.82) is 0 Å².